The fourth-order valence-corrected chi connectivity index (χ4v) is 6.21. The fraction of sp³-hybridized carbons (Fsp3) is 0.690. The summed E-state index contributed by atoms with van der Waals surface area (Å²) in [6.45, 7) is 8.32. The average Bonchev–Trinajstić information content (AvgIpc) is 3.71. The third kappa shape index (κ3) is 6.83. The van der Waals surface area contributed by atoms with E-state index in [1.807, 2.05) is 21.9 Å². The highest BCUT2D eigenvalue weighted by Crippen LogP contribution is 2.33. The van der Waals surface area contributed by atoms with Gasteiger partial charge in [0, 0.05) is 71.3 Å². The Morgan fingerprint density at radius 2 is 1.70 bits per heavy atom. The third-order valence-electron chi connectivity index (χ3n) is 8.67. The molecule has 4 aliphatic rings. The van der Waals surface area contributed by atoms with Crippen molar-refractivity contribution in [1.82, 2.24) is 19.6 Å². The molecule has 202 valence electrons. The summed E-state index contributed by atoms with van der Waals surface area (Å²) in [5.74, 6) is 2.70. The first-order valence-electron chi connectivity index (χ1n) is 14.2. The van der Waals surface area contributed by atoms with Crippen LogP contribution in [0.4, 0.5) is 0 Å². The molecule has 2 bridgehead atoms. The van der Waals surface area contributed by atoms with Gasteiger partial charge in [-0.05, 0) is 55.9 Å². The molecular weight excluding hydrogens is 468 g/mol. The molecule has 2 atom stereocenters. The van der Waals surface area contributed by atoms with Crippen LogP contribution in [0.2, 0.25) is 0 Å². The van der Waals surface area contributed by atoms with Crippen molar-refractivity contribution in [3.8, 4) is 5.75 Å². The summed E-state index contributed by atoms with van der Waals surface area (Å²) in [6.07, 6.45) is 5.79. The van der Waals surface area contributed by atoms with Crippen molar-refractivity contribution in [3.63, 3.8) is 0 Å². The van der Waals surface area contributed by atoms with Gasteiger partial charge in [0.25, 0.3) is 0 Å². The zero-order valence-electron chi connectivity index (χ0n) is 22.3. The van der Waals surface area contributed by atoms with Crippen molar-refractivity contribution < 1.29 is 19.1 Å². The van der Waals surface area contributed by atoms with E-state index in [1.165, 1.54) is 12.8 Å². The predicted octanol–water partition coefficient (Wildman–Crippen LogP) is 2.62. The molecule has 5 rings (SSSR count). The summed E-state index contributed by atoms with van der Waals surface area (Å²) in [5, 5.41) is 0. The molecule has 37 heavy (non-hydrogen) atoms. The molecular formula is C29H42N4O4. The van der Waals surface area contributed by atoms with E-state index >= 15 is 0 Å². The molecule has 8 heteroatoms. The number of ether oxygens (including phenoxy) is 1. The predicted molar refractivity (Wildman–Crippen MR) is 141 cm³/mol. The lowest BCUT2D eigenvalue weighted by Gasteiger charge is -2.40. The Morgan fingerprint density at radius 3 is 2.46 bits per heavy atom. The van der Waals surface area contributed by atoms with E-state index in [2.05, 4.69) is 21.9 Å². The van der Waals surface area contributed by atoms with Crippen LogP contribution in [0.15, 0.2) is 24.3 Å². The number of benzene rings is 1. The molecule has 2 saturated heterocycles. The molecule has 3 aliphatic heterocycles. The Kier molecular flexibility index (Phi) is 8.33. The van der Waals surface area contributed by atoms with Crippen molar-refractivity contribution in [2.75, 3.05) is 59.0 Å². The number of carbonyl (C=O) groups excluding carboxylic acids is 3. The quantitative estimate of drug-likeness (QED) is 0.623. The van der Waals surface area contributed by atoms with Gasteiger partial charge in [-0.15, -0.1) is 0 Å². The lowest BCUT2D eigenvalue weighted by Crippen LogP contribution is -2.51. The topological polar surface area (TPSA) is 73.4 Å². The maximum absolute atomic E-state index is 13.5. The largest absolute Gasteiger partial charge is 0.493 e. The van der Waals surface area contributed by atoms with Crippen LogP contribution in [0, 0.1) is 17.8 Å². The number of nitrogens with zero attached hydrogens (tertiary/aromatic N) is 4. The minimum Gasteiger partial charge on any atom is -0.493 e. The number of para-hydroxylation sites is 1. The third-order valence-corrected chi connectivity index (χ3v) is 8.67. The Balaban J connectivity index is 1.25. The number of amides is 3. The second-order valence-corrected chi connectivity index (χ2v) is 11.5. The Hall–Kier alpha value is -2.61. The van der Waals surface area contributed by atoms with E-state index in [0.717, 1.165) is 56.8 Å². The van der Waals surface area contributed by atoms with Crippen LogP contribution in [0.25, 0.3) is 0 Å². The van der Waals surface area contributed by atoms with Crippen LogP contribution in [0.5, 0.6) is 5.75 Å². The highest BCUT2D eigenvalue weighted by atomic mass is 16.5. The number of fused-ring (bicyclic) bond motifs is 3. The molecule has 8 nitrogen and oxygen atoms in total. The van der Waals surface area contributed by atoms with Gasteiger partial charge in [-0.3, -0.25) is 19.3 Å². The maximum Gasteiger partial charge on any atom is 0.236 e. The molecule has 1 saturated carbocycles. The molecule has 1 aliphatic carbocycles. The van der Waals surface area contributed by atoms with Gasteiger partial charge in [0.05, 0.1) is 13.2 Å². The Morgan fingerprint density at radius 1 is 0.946 bits per heavy atom. The van der Waals surface area contributed by atoms with Crippen LogP contribution in [-0.4, -0.2) is 96.3 Å². The number of hydrogen-bond acceptors (Lipinski definition) is 5. The van der Waals surface area contributed by atoms with Crippen LogP contribution in [0.3, 0.4) is 0 Å². The standard InChI is InChI=1S/C29H42N4O4/c1-22(34)31-12-14-32(15-13-31)28(35)17-24-10-11-33-20-25(24)6-4-16-37-27-7-3-2-5-26(27)19-30(21-29(33)36)18-23-8-9-23/h2-3,5,7,23-25H,4,6,8-21H2,1H3/t24-,25-/m0/s1. The molecule has 3 amide bonds. The minimum atomic E-state index is 0.0775. The van der Waals surface area contributed by atoms with Gasteiger partial charge in [-0.1, -0.05) is 18.2 Å². The minimum absolute atomic E-state index is 0.0775. The second-order valence-electron chi connectivity index (χ2n) is 11.5. The smallest absolute Gasteiger partial charge is 0.236 e. The Labute approximate surface area is 220 Å². The molecule has 0 radical (unpaired) electrons. The van der Waals surface area contributed by atoms with Crippen LogP contribution in [-0.2, 0) is 20.9 Å². The van der Waals surface area contributed by atoms with E-state index in [9.17, 15) is 14.4 Å². The van der Waals surface area contributed by atoms with Crippen molar-refractivity contribution in [2.45, 2.75) is 52.0 Å². The summed E-state index contributed by atoms with van der Waals surface area (Å²) < 4.78 is 6.24. The van der Waals surface area contributed by atoms with E-state index in [4.69, 9.17) is 4.74 Å². The first kappa shape index (κ1) is 26.0. The van der Waals surface area contributed by atoms with Crippen molar-refractivity contribution in [2.24, 2.45) is 17.8 Å². The zero-order chi connectivity index (χ0) is 25.8. The molecule has 1 aromatic rings. The van der Waals surface area contributed by atoms with Gasteiger partial charge in [0.2, 0.25) is 17.7 Å². The normalized spacial score (nSPS) is 25.9. The van der Waals surface area contributed by atoms with Gasteiger partial charge in [-0.2, -0.15) is 0 Å². The molecule has 0 spiro atoms. The lowest BCUT2D eigenvalue weighted by atomic mass is 9.80. The summed E-state index contributed by atoms with van der Waals surface area (Å²) in [6, 6.07) is 8.23. The van der Waals surface area contributed by atoms with Gasteiger partial charge >= 0.3 is 0 Å². The summed E-state index contributed by atoms with van der Waals surface area (Å²) in [7, 11) is 0. The number of piperidine rings is 1. The molecule has 3 fully saturated rings. The second kappa shape index (κ2) is 11.8. The van der Waals surface area contributed by atoms with E-state index < -0.39 is 0 Å². The van der Waals surface area contributed by atoms with Gasteiger partial charge in [0.15, 0.2) is 0 Å². The first-order valence-corrected chi connectivity index (χ1v) is 14.2. The first-order chi connectivity index (χ1) is 18.0. The highest BCUT2D eigenvalue weighted by Gasteiger charge is 2.35. The monoisotopic (exact) mass is 510 g/mol. The molecule has 0 aromatic heterocycles. The van der Waals surface area contributed by atoms with Crippen LogP contribution < -0.4 is 4.74 Å². The van der Waals surface area contributed by atoms with Crippen LogP contribution in [0.1, 0.15) is 51.0 Å². The van der Waals surface area contributed by atoms with Gasteiger partial charge in [-0.25, -0.2) is 0 Å². The van der Waals surface area contributed by atoms with Crippen LogP contribution >= 0.6 is 0 Å². The average molecular weight is 511 g/mol. The molecule has 3 heterocycles. The lowest BCUT2D eigenvalue weighted by molar-refractivity contribution is -0.140. The van der Waals surface area contributed by atoms with Crippen molar-refractivity contribution in [3.05, 3.63) is 29.8 Å². The fourth-order valence-electron chi connectivity index (χ4n) is 6.21. The highest BCUT2D eigenvalue weighted by molar-refractivity contribution is 5.79. The number of hydrogen-bond donors (Lipinski definition) is 0. The van der Waals surface area contributed by atoms with E-state index in [0.29, 0.717) is 57.6 Å². The van der Waals surface area contributed by atoms with Gasteiger partial charge < -0.3 is 19.4 Å². The summed E-state index contributed by atoms with van der Waals surface area (Å²) in [4.78, 5) is 46.4. The molecule has 0 N–H and O–H groups in total. The summed E-state index contributed by atoms with van der Waals surface area (Å²) >= 11 is 0. The molecule has 0 unspecified atom stereocenters. The molecule has 1 aromatic carbocycles. The number of rotatable bonds is 4. The zero-order valence-corrected chi connectivity index (χ0v) is 22.3. The maximum atomic E-state index is 13.5. The van der Waals surface area contributed by atoms with Crippen molar-refractivity contribution >= 4 is 17.7 Å². The summed E-state index contributed by atoms with van der Waals surface area (Å²) in [5.41, 5.74) is 1.15. The number of carbonyl (C=O) groups is 3. The van der Waals surface area contributed by atoms with E-state index in [-0.39, 0.29) is 23.6 Å². The van der Waals surface area contributed by atoms with Gasteiger partial charge in [0.1, 0.15) is 5.75 Å². The SMILES string of the molecule is CC(=O)N1CCN(C(=O)C[C@@H]2CCN3C[C@@H]2CCCOc2ccccc2CN(CC2CC2)CC3=O)CC1. The van der Waals surface area contributed by atoms with E-state index in [1.54, 1.807) is 6.92 Å². The van der Waals surface area contributed by atoms with Crippen molar-refractivity contribution in [1.29, 1.82) is 0 Å². The Bertz CT molecular complexity index is 972. The number of piperazine rings is 1.